The highest BCUT2D eigenvalue weighted by Crippen LogP contribution is 2.22. The second-order valence-corrected chi connectivity index (χ2v) is 9.53. The van der Waals surface area contributed by atoms with Crippen molar-refractivity contribution in [2.24, 2.45) is 5.92 Å². The monoisotopic (exact) mass is 348 g/mol. The fourth-order valence-corrected chi connectivity index (χ4v) is 5.29. The van der Waals surface area contributed by atoms with Gasteiger partial charge in [0.25, 0.3) is 0 Å². The van der Waals surface area contributed by atoms with E-state index in [0.717, 1.165) is 32.1 Å². The van der Waals surface area contributed by atoms with Gasteiger partial charge in [-0.05, 0) is 38.8 Å². The summed E-state index contributed by atoms with van der Waals surface area (Å²) >= 11 is 0. The second-order valence-electron chi connectivity index (χ2n) is 5.18. The average molecular weight is 349 g/mol. The van der Waals surface area contributed by atoms with E-state index in [9.17, 15) is 16.8 Å². The Bertz CT molecular complexity index is 471. The molecule has 0 bridgehead atoms. The summed E-state index contributed by atoms with van der Waals surface area (Å²) in [6.45, 7) is 1.98. The molecule has 0 spiro atoms. The summed E-state index contributed by atoms with van der Waals surface area (Å²) in [7, 11) is -4.75. The Hall–Kier alpha value is 0.110. The molecule has 1 rings (SSSR count). The summed E-state index contributed by atoms with van der Waals surface area (Å²) in [6.07, 6.45) is 3.85. The minimum absolute atomic E-state index is 0. The molecular weight excluding hydrogens is 324 g/mol. The fourth-order valence-electron chi connectivity index (χ4n) is 2.21. The molecule has 122 valence electrons. The van der Waals surface area contributed by atoms with Crippen LogP contribution in [-0.2, 0) is 19.9 Å². The van der Waals surface area contributed by atoms with E-state index in [1.54, 1.807) is 0 Å². The number of sulfone groups is 1. The molecule has 0 aromatic carbocycles. The standard InChI is InChI=1S/C11H24N2O4S2.ClH/c1-12-6-3-11-4-7-13(8-5-11)19(16,17)10-9-18(2,14)15;/h11-12H,3-10H2,1-2H3;1H. The lowest BCUT2D eigenvalue weighted by Gasteiger charge is -2.31. The van der Waals surface area contributed by atoms with Gasteiger partial charge in [-0.15, -0.1) is 12.4 Å². The molecule has 0 saturated carbocycles. The highest BCUT2D eigenvalue weighted by atomic mass is 35.5. The minimum Gasteiger partial charge on any atom is -0.320 e. The van der Waals surface area contributed by atoms with Gasteiger partial charge in [-0.25, -0.2) is 21.1 Å². The van der Waals surface area contributed by atoms with Crippen LogP contribution in [0.25, 0.3) is 0 Å². The lowest BCUT2D eigenvalue weighted by atomic mass is 9.95. The molecule has 1 N–H and O–H groups in total. The van der Waals surface area contributed by atoms with E-state index in [4.69, 9.17) is 0 Å². The SMILES string of the molecule is CNCCC1CCN(S(=O)(=O)CCS(C)(=O)=O)CC1.Cl. The van der Waals surface area contributed by atoms with Gasteiger partial charge in [0.05, 0.1) is 11.5 Å². The molecule has 0 amide bonds. The molecule has 0 unspecified atom stereocenters. The van der Waals surface area contributed by atoms with Gasteiger partial charge >= 0.3 is 0 Å². The van der Waals surface area contributed by atoms with Gasteiger partial charge in [0.2, 0.25) is 10.0 Å². The van der Waals surface area contributed by atoms with Crippen molar-refractivity contribution in [1.82, 2.24) is 9.62 Å². The van der Waals surface area contributed by atoms with E-state index in [1.165, 1.54) is 4.31 Å². The van der Waals surface area contributed by atoms with Crippen LogP contribution in [0.15, 0.2) is 0 Å². The third-order valence-corrected chi connectivity index (χ3v) is 6.56. The molecule has 0 aliphatic carbocycles. The first-order chi connectivity index (χ1) is 8.74. The number of halogens is 1. The third kappa shape index (κ3) is 7.21. The van der Waals surface area contributed by atoms with Crippen molar-refractivity contribution in [3.63, 3.8) is 0 Å². The first kappa shape index (κ1) is 20.1. The molecule has 6 nitrogen and oxygen atoms in total. The van der Waals surface area contributed by atoms with Crippen molar-refractivity contribution in [2.75, 3.05) is 44.4 Å². The lowest BCUT2D eigenvalue weighted by Crippen LogP contribution is -2.41. The van der Waals surface area contributed by atoms with E-state index in [2.05, 4.69) is 5.32 Å². The van der Waals surface area contributed by atoms with E-state index in [-0.39, 0.29) is 23.9 Å². The average Bonchev–Trinajstić information content (AvgIpc) is 2.34. The van der Waals surface area contributed by atoms with Crippen LogP contribution in [0.5, 0.6) is 0 Å². The summed E-state index contributed by atoms with van der Waals surface area (Å²) in [5.41, 5.74) is 0. The quantitative estimate of drug-likeness (QED) is 0.705. The molecule has 20 heavy (non-hydrogen) atoms. The molecule has 1 heterocycles. The van der Waals surface area contributed by atoms with Gasteiger partial charge in [-0.3, -0.25) is 0 Å². The summed E-state index contributed by atoms with van der Waals surface area (Å²) in [6, 6.07) is 0. The number of rotatable bonds is 7. The van der Waals surface area contributed by atoms with E-state index in [1.807, 2.05) is 7.05 Å². The predicted molar refractivity (Wildman–Crippen MR) is 83.6 cm³/mol. The molecule has 1 aliphatic rings. The van der Waals surface area contributed by atoms with Crippen molar-refractivity contribution < 1.29 is 16.8 Å². The van der Waals surface area contributed by atoms with E-state index in [0.29, 0.717) is 19.0 Å². The number of nitrogens with zero attached hydrogens (tertiary/aromatic N) is 1. The molecule has 0 aromatic rings. The van der Waals surface area contributed by atoms with Gasteiger partial charge in [0.15, 0.2) is 0 Å². The zero-order valence-corrected chi connectivity index (χ0v) is 14.5. The van der Waals surface area contributed by atoms with Crippen LogP contribution in [0.4, 0.5) is 0 Å². The fraction of sp³-hybridized carbons (Fsp3) is 1.00. The highest BCUT2D eigenvalue weighted by Gasteiger charge is 2.28. The molecule has 1 aliphatic heterocycles. The Labute approximate surface area is 128 Å². The Morgan fingerprint density at radius 2 is 1.65 bits per heavy atom. The normalized spacial score (nSPS) is 18.7. The predicted octanol–water partition coefficient (Wildman–Crippen LogP) is 0.104. The molecule has 0 aromatic heterocycles. The van der Waals surface area contributed by atoms with E-state index >= 15 is 0 Å². The smallest absolute Gasteiger partial charge is 0.215 e. The van der Waals surface area contributed by atoms with Crippen LogP contribution in [0.3, 0.4) is 0 Å². The first-order valence-corrected chi connectivity index (χ1v) is 10.2. The maximum atomic E-state index is 12.0. The minimum atomic E-state index is -3.42. The second kappa shape index (κ2) is 8.53. The van der Waals surface area contributed by atoms with Crippen molar-refractivity contribution in [3.05, 3.63) is 0 Å². The van der Waals surface area contributed by atoms with Crippen LogP contribution in [-0.4, -0.2) is 65.6 Å². The summed E-state index contributed by atoms with van der Waals surface area (Å²) < 4.78 is 47.5. The maximum absolute atomic E-state index is 12.0. The Balaban J connectivity index is 0.00000361. The zero-order chi connectivity index (χ0) is 14.5. The number of nitrogens with one attached hydrogen (secondary N) is 1. The third-order valence-electron chi connectivity index (χ3n) is 3.48. The molecular formula is C11H25ClN2O4S2. The van der Waals surface area contributed by atoms with Crippen LogP contribution in [0, 0.1) is 5.92 Å². The van der Waals surface area contributed by atoms with Crippen molar-refractivity contribution in [1.29, 1.82) is 0 Å². The van der Waals surface area contributed by atoms with Crippen LogP contribution in [0.1, 0.15) is 19.3 Å². The number of hydrogen-bond donors (Lipinski definition) is 1. The zero-order valence-electron chi connectivity index (χ0n) is 12.0. The van der Waals surface area contributed by atoms with Gasteiger partial charge in [0, 0.05) is 19.3 Å². The van der Waals surface area contributed by atoms with Crippen molar-refractivity contribution in [2.45, 2.75) is 19.3 Å². The highest BCUT2D eigenvalue weighted by molar-refractivity contribution is 7.93. The van der Waals surface area contributed by atoms with Crippen molar-refractivity contribution >= 4 is 32.3 Å². The van der Waals surface area contributed by atoms with Gasteiger partial charge in [-0.1, -0.05) is 0 Å². The van der Waals surface area contributed by atoms with Crippen LogP contribution in [0.2, 0.25) is 0 Å². The number of piperidine rings is 1. The van der Waals surface area contributed by atoms with Crippen LogP contribution < -0.4 is 5.32 Å². The maximum Gasteiger partial charge on any atom is 0.215 e. The number of sulfonamides is 1. The molecule has 9 heteroatoms. The Morgan fingerprint density at radius 1 is 1.10 bits per heavy atom. The number of hydrogen-bond acceptors (Lipinski definition) is 5. The summed E-state index contributed by atoms with van der Waals surface area (Å²) in [5.74, 6) is -0.0315. The Kier molecular flexibility index (Phi) is 8.57. The molecule has 1 fully saturated rings. The topological polar surface area (TPSA) is 83.6 Å². The summed E-state index contributed by atoms with van der Waals surface area (Å²) in [5, 5.41) is 3.09. The largest absolute Gasteiger partial charge is 0.320 e. The molecule has 0 radical (unpaired) electrons. The summed E-state index contributed by atoms with van der Waals surface area (Å²) in [4.78, 5) is 0. The van der Waals surface area contributed by atoms with Crippen LogP contribution >= 0.6 is 12.4 Å². The van der Waals surface area contributed by atoms with E-state index < -0.39 is 19.9 Å². The lowest BCUT2D eigenvalue weighted by molar-refractivity contribution is 0.263. The van der Waals surface area contributed by atoms with Gasteiger partial charge < -0.3 is 5.32 Å². The first-order valence-electron chi connectivity index (χ1n) is 6.55. The molecule has 0 atom stereocenters. The van der Waals surface area contributed by atoms with Gasteiger partial charge in [-0.2, -0.15) is 0 Å². The van der Waals surface area contributed by atoms with Gasteiger partial charge in [0.1, 0.15) is 9.84 Å². The Morgan fingerprint density at radius 3 is 2.10 bits per heavy atom. The van der Waals surface area contributed by atoms with Crippen molar-refractivity contribution in [3.8, 4) is 0 Å². The molecule has 1 saturated heterocycles.